The quantitative estimate of drug-likeness (QED) is 0.462. The van der Waals surface area contributed by atoms with Crippen molar-refractivity contribution in [1.82, 2.24) is 0 Å². The van der Waals surface area contributed by atoms with E-state index in [1.165, 1.54) is 24.3 Å². The van der Waals surface area contributed by atoms with Gasteiger partial charge >= 0.3 is 5.97 Å². The SMILES string of the molecule is CCOC(=O)C(C=O)c1cccc(NS(=O)(=O)c2ccc(F)cc2)c1. The minimum Gasteiger partial charge on any atom is -0.465 e. The molecule has 0 amide bonds. The lowest BCUT2D eigenvalue weighted by Crippen LogP contribution is -2.18. The highest BCUT2D eigenvalue weighted by Crippen LogP contribution is 2.22. The van der Waals surface area contributed by atoms with Gasteiger partial charge in [0.15, 0.2) is 0 Å². The van der Waals surface area contributed by atoms with Crippen LogP contribution in [-0.2, 0) is 24.3 Å². The Balaban J connectivity index is 2.27. The van der Waals surface area contributed by atoms with Crippen LogP contribution < -0.4 is 4.72 Å². The molecule has 2 aromatic rings. The average Bonchev–Trinajstić information content (AvgIpc) is 2.56. The van der Waals surface area contributed by atoms with Crippen molar-refractivity contribution in [2.45, 2.75) is 17.7 Å². The van der Waals surface area contributed by atoms with Crippen LogP contribution in [0.15, 0.2) is 53.4 Å². The summed E-state index contributed by atoms with van der Waals surface area (Å²) in [5.41, 5.74) is 0.464. The van der Waals surface area contributed by atoms with E-state index in [1.54, 1.807) is 6.92 Å². The Morgan fingerprint density at radius 1 is 1.24 bits per heavy atom. The maximum absolute atomic E-state index is 12.9. The molecule has 1 atom stereocenters. The van der Waals surface area contributed by atoms with Gasteiger partial charge < -0.3 is 9.53 Å². The van der Waals surface area contributed by atoms with Gasteiger partial charge in [0.1, 0.15) is 18.0 Å². The molecule has 0 aliphatic heterocycles. The molecule has 0 aliphatic carbocycles. The van der Waals surface area contributed by atoms with E-state index in [4.69, 9.17) is 4.74 Å². The van der Waals surface area contributed by atoms with Gasteiger partial charge in [-0.15, -0.1) is 0 Å². The van der Waals surface area contributed by atoms with E-state index >= 15 is 0 Å². The van der Waals surface area contributed by atoms with Crippen molar-refractivity contribution >= 4 is 28.0 Å². The van der Waals surface area contributed by atoms with Crippen LogP contribution in [0.5, 0.6) is 0 Å². The van der Waals surface area contributed by atoms with Crippen LogP contribution in [0.3, 0.4) is 0 Å². The van der Waals surface area contributed by atoms with E-state index in [0.29, 0.717) is 11.8 Å². The molecule has 0 saturated carbocycles. The Hall–Kier alpha value is -2.74. The molecule has 0 spiro atoms. The Bertz CT molecular complexity index is 865. The van der Waals surface area contributed by atoms with Crippen molar-refractivity contribution in [2.24, 2.45) is 0 Å². The number of ether oxygens (including phenoxy) is 1. The highest BCUT2D eigenvalue weighted by molar-refractivity contribution is 7.92. The first-order chi connectivity index (χ1) is 11.9. The normalized spacial score (nSPS) is 12.2. The predicted octanol–water partition coefficient (Wildman–Crippen LogP) is 2.47. The zero-order chi connectivity index (χ0) is 18.4. The van der Waals surface area contributed by atoms with Gasteiger partial charge in [-0.25, -0.2) is 12.8 Å². The number of aldehydes is 1. The van der Waals surface area contributed by atoms with Crippen molar-refractivity contribution in [3.63, 3.8) is 0 Å². The summed E-state index contributed by atoms with van der Waals surface area (Å²) in [4.78, 5) is 22.9. The van der Waals surface area contributed by atoms with Gasteiger partial charge in [-0.1, -0.05) is 12.1 Å². The summed E-state index contributed by atoms with van der Waals surface area (Å²) in [5, 5.41) is 0. The van der Waals surface area contributed by atoms with Crippen LogP contribution in [0.1, 0.15) is 18.4 Å². The molecule has 0 fully saturated rings. The summed E-state index contributed by atoms with van der Waals surface area (Å²) in [6.07, 6.45) is 0.436. The molecule has 2 rings (SSSR count). The van der Waals surface area contributed by atoms with Gasteiger partial charge in [0.05, 0.1) is 11.5 Å². The zero-order valence-corrected chi connectivity index (χ0v) is 14.1. The number of hydrogen-bond donors (Lipinski definition) is 1. The average molecular weight is 365 g/mol. The van der Waals surface area contributed by atoms with Gasteiger partial charge in [0.25, 0.3) is 10.0 Å². The van der Waals surface area contributed by atoms with Gasteiger partial charge in [-0.3, -0.25) is 9.52 Å². The molecule has 0 radical (unpaired) electrons. The maximum atomic E-state index is 12.9. The lowest BCUT2D eigenvalue weighted by Gasteiger charge is -2.12. The smallest absolute Gasteiger partial charge is 0.320 e. The van der Waals surface area contributed by atoms with Gasteiger partial charge in [-0.2, -0.15) is 0 Å². The van der Waals surface area contributed by atoms with Crippen molar-refractivity contribution in [1.29, 1.82) is 0 Å². The minimum atomic E-state index is -3.93. The maximum Gasteiger partial charge on any atom is 0.320 e. The number of carbonyl (C=O) groups excluding carboxylic acids is 2. The van der Waals surface area contributed by atoms with Crippen LogP contribution in [0.4, 0.5) is 10.1 Å². The minimum absolute atomic E-state index is 0.114. The standard InChI is InChI=1S/C17H16FNO5S/c1-2-24-17(21)16(11-20)12-4-3-5-14(10-12)19-25(22,23)15-8-6-13(18)7-9-15/h3-11,16,19H,2H2,1H3. The second-order valence-corrected chi connectivity index (χ2v) is 6.73. The zero-order valence-electron chi connectivity index (χ0n) is 13.3. The van der Waals surface area contributed by atoms with E-state index in [-0.39, 0.29) is 17.2 Å². The second kappa shape index (κ2) is 7.89. The Kier molecular flexibility index (Phi) is 5.87. The van der Waals surface area contributed by atoms with E-state index in [1.807, 2.05) is 0 Å². The van der Waals surface area contributed by atoms with Crippen LogP contribution in [0, 0.1) is 5.82 Å². The molecule has 0 aromatic heterocycles. The van der Waals surface area contributed by atoms with E-state index < -0.39 is 27.7 Å². The number of halogens is 1. The third-order valence-corrected chi connectivity index (χ3v) is 4.70. The predicted molar refractivity (Wildman–Crippen MR) is 89.1 cm³/mol. The summed E-state index contributed by atoms with van der Waals surface area (Å²) < 4.78 is 44.7. The molecule has 8 heteroatoms. The van der Waals surface area contributed by atoms with Gasteiger partial charge in [-0.05, 0) is 48.9 Å². The first-order valence-electron chi connectivity index (χ1n) is 7.37. The molecule has 1 unspecified atom stereocenters. The fourth-order valence-electron chi connectivity index (χ4n) is 2.13. The number of sulfonamides is 1. The summed E-state index contributed by atoms with van der Waals surface area (Å²) in [7, 11) is -3.93. The Morgan fingerprint density at radius 2 is 1.92 bits per heavy atom. The molecular weight excluding hydrogens is 349 g/mol. The number of nitrogens with one attached hydrogen (secondary N) is 1. The largest absolute Gasteiger partial charge is 0.465 e. The molecule has 2 aromatic carbocycles. The van der Waals surface area contributed by atoms with Gasteiger partial charge in [0, 0.05) is 5.69 Å². The summed E-state index contributed by atoms with van der Waals surface area (Å²) in [5.74, 6) is -2.41. The monoisotopic (exact) mass is 365 g/mol. The molecule has 1 N–H and O–H groups in total. The number of carbonyl (C=O) groups is 2. The number of esters is 1. The summed E-state index contributed by atoms with van der Waals surface area (Å²) >= 11 is 0. The molecule has 132 valence electrons. The van der Waals surface area contributed by atoms with Gasteiger partial charge in [0.2, 0.25) is 0 Å². The first-order valence-corrected chi connectivity index (χ1v) is 8.86. The molecule has 0 saturated heterocycles. The highest BCUT2D eigenvalue weighted by atomic mass is 32.2. The fraction of sp³-hybridized carbons (Fsp3) is 0.176. The highest BCUT2D eigenvalue weighted by Gasteiger charge is 2.22. The summed E-state index contributed by atoms with van der Waals surface area (Å²) in [6, 6.07) is 10.2. The molecule has 0 aliphatic rings. The second-order valence-electron chi connectivity index (χ2n) is 5.05. The lowest BCUT2D eigenvalue weighted by atomic mass is 10.0. The number of benzene rings is 2. The Labute approximate surface area is 144 Å². The third-order valence-electron chi connectivity index (χ3n) is 3.30. The number of hydrogen-bond acceptors (Lipinski definition) is 5. The van der Waals surface area contributed by atoms with Crippen molar-refractivity contribution < 1.29 is 27.1 Å². The lowest BCUT2D eigenvalue weighted by molar-refractivity contribution is -0.146. The number of anilines is 1. The topological polar surface area (TPSA) is 89.5 Å². The van der Waals surface area contributed by atoms with Crippen molar-refractivity contribution in [2.75, 3.05) is 11.3 Å². The first kappa shape index (κ1) is 18.6. The van der Waals surface area contributed by atoms with E-state index in [9.17, 15) is 22.4 Å². The fourth-order valence-corrected chi connectivity index (χ4v) is 3.18. The van der Waals surface area contributed by atoms with Crippen LogP contribution in [-0.4, -0.2) is 27.3 Å². The van der Waals surface area contributed by atoms with E-state index in [2.05, 4.69) is 4.72 Å². The molecule has 25 heavy (non-hydrogen) atoms. The van der Waals surface area contributed by atoms with Crippen molar-refractivity contribution in [3.05, 3.63) is 59.9 Å². The number of rotatable bonds is 7. The van der Waals surface area contributed by atoms with Crippen LogP contribution in [0.2, 0.25) is 0 Å². The summed E-state index contributed by atoms with van der Waals surface area (Å²) in [6.45, 7) is 1.74. The molecular formula is C17H16FNO5S. The molecule has 0 heterocycles. The van der Waals surface area contributed by atoms with Crippen LogP contribution >= 0.6 is 0 Å². The van der Waals surface area contributed by atoms with Crippen LogP contribution in [0.25, 0.3) is 0 Å². The van der Waals surface area contributed by atoms with Crippen molar-refractivity contribution in [3.8, 4) is 0 Å². The molecule has 6 nitrogen and oxygen atoms in total. The third kappa shape index (κ3) is 4.63. The Morgan fingerprint density at radius 3 is 2.52 bits per heavy atom. The molecule has 0 bridgehead atoms. The van der Waals surface area contributed by atoms with E-state index in [0.717, 1.165) is 24.3 Å².